The van der Waals surface area contributed by atoms with E-state index < -0.39 is 0 Å². The fourth-order valence-electron chi connectivity index (χ4n) is 5.00. The van der Waals surface area contributed by atoms with Gasteiger partial charge in [-0.15, -0.1) is 12.4 Å². The van der Waals surface area contributed by atoms with E-state index in [0.29, 0.717) is 6.54 Å². The van der Waals surface area contributed by atoms with Crippen LogP contribution < -0.4 is 15.5 Å². The summed E-state index contributed by atoms with van der Waals surface area (Å²) in [5, 5.41) is 11.2. The Morgan fingerprint density at radius 2 is 1.70 bits per heavy atom. The fourth-order valence-corrected chi connectivity index (χ4v) is 5.00. The van der Waals surface area contributed by atoms with E-state index in [1.54, 1.807) is 0 Å². The Balaban J connectivity index is 0.00000280. The molecule has 3 aromatic heterocycles. The molecule has 5 aromatic rings. The predicted octanol–water partition coefficient (Wildman–Crippen LogP) is 5.72. The second-order valence-corrected chi connectivity index (χ2v) is 9.27. The van der Waals surface area contributed by atoms with Crippen LogP contribution in [0.3, 0.4) is 0 Å². The number of nitrogens with one attached hydrogen (secondary N) is 2. The Bertz CT molecular complexity index is 1470. The SMILES string of the molecule is Cc1noc(C)c1-c1ccn2c(NCc3ccccc3)c(-c3ccc(N4CCNCC4)cc3)nc2c1.Cl. The number of hydrogen-bond donors (Lipinski definition) is 2. The van der Waals surface area contributed by atoms with Gasteiger partial charge in [-0.25, -0.2) is 4.98 Å². The third-order valence-electron chi connectivity index (χ3n) is 6.87. The number of nitrogens with zero attached hydrogens (tertiary/aromatic N) is 4. The Morgan fingerprint density at radius 3 is 2.41 bits per heavy atom. The first-order valence-corrected chi connectivity index (χ1v) is 12.5. The van der Waals surface area contributed by atoms with Crippen LogP contribution >= 0.6 is 12.4 Å². The average molecular weight is 515 g/mol. The molecule has 6 rings (SSSR count). The number of imidazole rings is 1. The first kappa shape index (κ1) is 24.9. The van der Waals surface area contributed by atoms with Crippen LogP contribution in [-0.2, 0) is 6.54 Å². The number of anilines is 2. The van der Waals surface area contributed by atoms with Gasteiger partial charge in [0.25, 0.3) is 0 Å². The van der Waals surface area contributed by atoms with Crippen LogP contribution in [-0.4, -0.2) is 40.7 Å². The summed E-state index contributed by atoms with van der Waals surface area (Å²) in [6.07, 6.45) is 2.08. The minimum absolute atomic E-state index is 0. The summed E-state index contributed by atoms with van der Waals surface area (Å²) in [6.45, 7) is 8.74. The molecule has 0 atom stereocenters. The number of aryl methyl sites for hydroxylation is 2. The van der Waals surface area contributed by atoms with Gasteiger partial charge in [0.2, 0.25) is 0 Å². The summed E-state index contributed by atoms with van der Waals surface area (Å²) in [7, 11) is 0. The Kier molecular flexibility index (Phi) is 7.17. The molecule has 0 unspecified atom stereocenters. The van der Waals surface area contributed by atoms with Crippen molar-refractivity contribution < 1.29 is 4.52 Å². The van der Waals surface area contributed by atoms with Crippen LogP contribution in [0.5, 0.6) is 0 Å². The molecular formula is C29H31ClN6O. The van der Waals surface area contributed by atoms with Gasteiger partial charge in [0.15, 0.2) is 0 Å². The van der Waals surface area contributed by atoms with Gasteiger partial charge in [-0.05, 0) is 49.2 Å². The van der Waals surface area contributed by atoms with Gasteiger partial charge in [-0.3, -0.25) is 4.40 Å². The van der Waals surface area contributed by atoms with Crippen LogP contribution in [0.15, 0.2) is 77.4 Å². The highest BCUT2D eigenvalue weighted by Gasteiger charge is 2.18. The van der Waals surface area contributed by atoms with E-state index in [0.717, 1.165) is 71.5 Å². The predicted molar refractivity (Wildman–Crippen MR) is 152 cm³/mol. The second-order valence-electron chi connectivity index (χ2n) is 9.27. The van der Waals surface area contributed by atoms with E-state index >= 15 is 0 Å². The quantitative estimate of drug-likeness (QED) is 0.302. The highest BCUT2D eigenvalue weighted by molar-refractivity contribution is 5.85. The van der Waals surface area contributed by atoms with Crippen molar-refractivity contribution in [2.24, 2.45) is 0 Å². The molecule has 37 heavy (non-hydrogen) atoms. The van der Waals surface area contributed by atoms with E-state index in [1.807, 2.05) is 19.9 Å². The fraction of sp³-hybridized carbons (Fsp3) is 0.241. The minimum Gasteiger partial charge on any atom is -0.369 e. The van der Waals surface area contributed by atoms with Crippen molar-refractivity contribution in [1.82, 2.24) is 19.9 Å². The van der Waals surface area contributed by atoms with Crippen molar-refractivity contribution in [3.05, 3.63) is 89.9 Å². The zero-order chi connectivity index (χ0) is 24.5. The number of rotatable bonds is 6. The van der Waals surface area contributed by atoms with Crippen LogP contribution in [0.4, 0.5) is 11.5 Å². The highest BCUT2D eigenvalue weighted by atomic mass is 35.5. The summed E-state index contributed by atoms with van der Waals surface area (Å²) >= 11 is 0. The molecule has 2 N–H and O–H groups in total. The number of benzene rings is 2. The third kappa shape index (κ3) is 4.92. The Morgan fingerprint density at radius 1 is 0.946 bits per heavy atom. The lowest BCUT2D eigenvalue weighted by atomic mass is 10.1. The lowest BCUT2D eigenvalue weighted by Gasteiger charge is -2.29. The molecule has 1 saturated heterocycles. The molecule has 190 valence electrons. The number of fused-ring (bicyclic) bond motifs is 1. The van der Waals surface area contributed by atoms with Crippen molar-refractivity contribution in [3.8, 4) is 22.4 Å². The summed E-state index contributed by atoms with van der Waals surface area (Å²) in [5.41, 5.74) is 8.35. The minimum atomic E-state index is 0. The zero-order valence-electron chi connectivity index (χ0n) is 21.1. The maximum atomic E-state index is 5.41. The summed E-state index contributed by atoms with van der Waals surface area (Å²) in [5.74, 6) is 1.80. The van der Waals surface area contributed by atoms with E-state index in [-0.39, 0.29) is 12.4 Å². The molecule has 0 amide bonds. The zero-order valence-corrected chi connectivity index (χ0v) is 21.9. The largest absolute Gasteiger partial charge is 0.369 e. The Labute approximate surface area is 222 Å². The van der Waals surface area contributed by atoms with E-state index in [4.69, 9.17) is 9.51 Å². The molecule has 0 aliphatic carbocycles. The van der Waals surface area contributed by atoms with Crippen molar-refractivity contribution >= 4 is 29.6 Å². The van der Waals surface area contributed by atoms with Gasteiger partial charge in [0.05, 0.1) is 5.69 Å². The Hall–Kier alpha value is -3.81. The van der Waals surface area contributed by atoms with Crippen LogP contribution in [0, 0.1) is 13.8 Å². The van der Waals surface area contributed by atoms with Gasteiger partial charge in [-0.2, -0.15) is 0 Å². The first-order chi connectivity index (χ1) is 17.7. The van der Waals surface area contributed by atoms with Crippen molar-refractivity contribution in [3.63, 3.8) is 0 Å². The highest BCUT2D eigenvalue weighted by Crippen LogP contribution is 2.34. The number of aromatic nitrogens is 3. The number of hydrogen-bond acceptors (Lipinski definition) is 6. The molecule has 1 aliphatic rings. The average Bonchev–Trinajstić information content (AvgIpc) is 3.47. The summed E-state index contributed by atoms with van der Waals surface area (Å²) in [4.78, 5) is 7.52. The molecule has 0 saturated carbocycles. The molecular weight excluding hydrogens is 484 g/mol. The van der Waals surface area contributed by atoms with Gasteiger partial charge in [0, 0.05) is 55.7 Å². The van der Waals surface area contributed by atoms with Crippen LogP contribution in [0.25, 0.3) is 28.0 Å². The van der Waals surface area contributed by atoms with Gasteiger partial charge < -0.3 is 20.1 Å². The first-order valence-electron chi connectivity index (χ1n) is 12.5. The summed E-state index contributed by atoms with van der Waals surface area (Å²) < 4.78 is 7.54. The van der Waals surface area contributed by atoms with Crippen molar-refractivity contribution in [1.29, 1.82) is 0 Å². The normalized spacial score (nSPS) is 13.5. The molecule has 0 spiro atoms. The maximum absolute atomic E-state index is 5.41. The standard InChI is InChI=1S/C29H30N6O.ClH/c1-20-27(21(2)36-33-20)24-12-15-35-26(18-24)32-28(29(35)31-19-22-6-4-3-5-7-22)23-8-10-25(11-9-23)34-16-13-30-14-17-34;/h3-12,15,18,30-31H,13-14,16-17,19H2,1-2H3;1H. The van der Waals surface area contributed by atoms with E-state index in [9.17, 15) is 0 Å². The smallest absolute Gasteiger partial charge is 0.141 e. The molecule has 1 fully saturated rings. The van der Waals surface area contributed by atoms with E-state index in [1.165, 1.54) is 11.3 Å². The van der Waals surface area contributed by atoms with Crippen LogP contribution in [0.1, 0.15) is 17.0 Å². The van der Waals surface area contributed by atoms with Crippen molar-refractivity contribution in [2.45, 2.75) is 20.4 Å². The lowest BCUT2D eigenvalue weighted by Crippen LogP contribution is -2.43. The van der Waals surface area contributed by atoms with Gasteiger partial charge in [-0.1, -0.05) is 47.6 Å². The maximum Gasteiger partial charge on any atom is 0.141 e. The molecule has 4 heterocycles. The molecule has 8 heteroatoms. The molecule has 0 bridgehead atoms. The van der Waals surface area contributed by atoms with Gasteiger partial charge >= 0.3 is 0 Å². The second kappa shape index (κ2) is 10.7. The third-order valence-corrected chi connectivity index (χ3v) is 6.87. The van der Waals surface area contributed by atoms with E-state index in [2.05, 4.69) is 92.0 Å². The molecule has 1 aliphatic heterocycles. The molecule has 2 aromatic carbocycles. The number of pyridine rings is 1. The molecule has 0 radical (unpaired) electrons. The number of piperazine rings is 1. The monoisotopic (exact) mass is 514 g/mol. The number of halogens is 1. The lowest BCUT2D eigenvalue weighted by molar-refractivity contribution is 0.393. The van der Waals surface area contributed by atoms with Crippen LogP contribution in [0.2, 0.25) is 0 Å². The summed E-state index contributed by atoms with van der Waals surface area (Å²) in [6, 6.07) is 23.4. The van der Waals surface area contributed by atoms with Crippen molar-refractivity contribution in [2.75, 3.05) is 36.4 Å². The molecule has 7 nitrogen and oxygen atoms in total. The topological polar surface area (TPSA) is 70.6 Å². The van der Waals surface area contributed by atoms with Gasteiger partial charge in [0.1, 0.15) is 22.9 Å².